The summed E-state index contributed by atoms with van der Waals surface area (Å²) >= 11 is 0. The molecule has 1 aliphatic rings. The second-order valence-corrected chi connectivity index (χ2v) is 4.76. The van der Waals surface area contributed by atoms with Crippen LogP contribution in [0.5, 0.6) is 0 Å². The second-order valence-electron chi connectivity index (χ2n) is 4.76. The van der Waals surface area contributed by atoms with Gasteiger partial charge in [-0.25, -0.2) is 0 Å². The normalized spacial score (nSPS) is 21.1. The molecule has 0 saturated carbocycles. The molecule has 1 rings (SSSR count). The molecule has 1 saturated heterocycles. The van der Waals surface area contributed by atoms with E-state index in [9.17, 15) is 4.79 Å². The van der Waals surface area contributed by atoms with Gasteiger partial charge in [0.2, 0.25) is 0 Å². The molecular formula is C12H23NO3. The topological polar surface area (TPSA) is 47.6 Å². The number of esters is 1. The lowest BCUT2D eigenvalue weighted by atomic mass is 10.1. The molecule has 4 nitrogen and oxygen atoms in total. The molecule has 1 fully saturated rings. The summed E-state index contributed by atoms with van der Waals surface area (Å²) < 4.78 is 10.8. The molecular weight excluding hydrogens is 206 g/mol. The van der Waals surface area contributed by atoms with Gasteiger partial charge in [0.05, 0.1) is 12.2 Å². The Morgan fingerprint density at radius 3 is 2.81 bits per heavy atom. The van der Waals surface area contributed by atoms with Crippen molar-refractivity contribution in [3.05, 3.63) is 0 Å². The highest BCUT2D eigenvalue weighted by atomic mass is 16.5. The smallest absolute Gasteiger partial charge is 0.323 e. The van der Waals surface area contributed by atoms with E-state index >= 15 is 0 Å². The third kappa shape index (κ3) is 4.49. The van der Waals surface area contributed by atoms with Crippen LogP contribution in [0.3, 0.4) is 0 Å². The van der Waals surface area contributed by atoms with E-state index in [1.165, 1.54) is 0 Å². The summed E-state index contributed by atoms with van der Waals surface area (Å²) in [5.74, 6) is -0.121. The Kier molecular flexibility index (Phi) is 5.22. The minimum Gasteiger partial charge on any atom is -0.464 e. The van der Waals surface area contributed by atoms with E-state index in [4.69, 9.17) is 9.47 Å². The van der Waals surface area contributed by atoms with Gasteiger partial charge in [0.25, 0.3) is 0 Å². The molecule has 4 heteroatoms. The van der Waals surface area contributed by atoms with E-state index in [2.05, 4.69) is 5.32 Å². The molecule has 0 aromatic heterocycles. The van der Waals surface area contributed by atoms with Crippen molar-refractivity contribution in [2.24, 2.45) is 0 Å². The van der Waals surface area contributed by atoms with E-state index in [0.29, 0.717) is 13.2 Å². The molecule has 0 bridgehead atoms. The van der Waals surface area contributed by atoms with Crippen LogP contribution in [0.4, 0.5) is 0 Å². The van der Waals surface area contributed by atoms with Crippen LogP contribution in [0, 0.1) is 0 Å². The lowest BCUT2D eigenvalue weighted by Gasteiger charge is -2.24. The van der Waals surface area contributed by atoms with E-state index in [-0.39, 0.29) is 17.6 Å². The van der Waals surface area contributed by atoms with Crippen molar-refractivity contribution in [3.8, 4) is 0 Å². The summed E-state index contributed by atoms with van der Waals surface area (Å²) in [7, 11) is 0. The van der Waals surface area contributed by atoms with E-state index in [0.717, 1.165) is 25.8 Å². The third-order valence-electron chi connectivity index (χ3n) is 2.83. The molecule has 0 radical (unpaired) electrons. The molecule has 1 aliphatic heterocycles. The number of carbonyl (C=O) groups excluding carboxylic acids is 1. The van der Waals surface area contributed by atoms with Crippen LogP contribution in [-0.4, -0.2) is 37.4 Å². The number of hydrogen-bond acceptors (Lipinski definition) is 4. The Labute approximate surface area is 97.7 Å². The van der Waals surface area contributed by atoms with Crippen LogP contribution < -0.4 is 5.32 Å². The Morgan fingerprint density at radius 1 is 1.50 bits per heavy atom. The zero-order valence-corrected chi connectivity index (χ0v) is 10.5. The Morgan fingerprint density at radius 2 is 2.25 bits per heavy atom. The molecule has 0 aromatic rings. The highest BCUT2D eigenvalue weighted by Gasteiger charge is 2.24. The van der Waals surface area contributed by atoms with Crippen LogP contribution in [-0.2, 0) is 14.3 Å². The molecule has 1 heterocycles. The lowest BCUT2D eigenvalue weighted by Crippen LogP contribution is -2.34. The van der Waals surface area contributed by atoms with Gasteiger partial charge in [0.1, 0.15) is 6.04 Å². The van der Waals surface area contributed by atoms with Crippen molar-refractivity contribution in [3.63, 3.8) is 0 Å². The third-order valence-corrected chi connectivity index (χ3v) is 2.83. The molecule has 0 aliphatic carbocycles. The molecule has 16 heavy (non-hydrogen) atoms. The van der Waals surface area contributed by atoms with Crippen LogP contribution in [0.1, 0.15) is 40.0 Å². The minimum atomic E-state index is -0.210. The zero-order chi connectivity index (χ0) is 12.0. The fraction of sp³-hybridized carbons (Fsp3) is 0.917. The first-order valence-electron chi connectivity index (χ1n) is 6.09. The second kappa shape index (κ2) is 6.21. The van der Waals surface area contributed by atoms with Crippen molar-refractivity contribution in [1.29, 1.82) is 0 Å². The summed E-state index contributed by atoms with van der Waals surface area (Å²) in [5.41, 5.74) is -0.210. The van der Waals surface area contributed by atoms with Gasteiger partial charge < -0.3 is 14.8 Å². The SMILES string of the molecule is CCOC(C)(C)CCOC(=O)C1CCCN1. The Balaban J connectivity index is 2.16. The molecule has 1 atom stereocenters. The van der Waals surface area contributed by atoms with E-state index in [1.807, 2.05) is 20.8 Å². The van der Waals surface area contributed by atoms with Crippen LogP contribution in [0.15, 0.2) is 0 Å². The van der Waals surface area contributed by atoms with Gasteiger partial charge in [-0.3, -0.25) is 4.79 Å². The number of nitrogens with one attached hydrogen (secondary N) is 1. The van der Waals surface area contributed by atoms with Crippen LogP contribution in [0.2, 0.25) is 0 Å². The van der Waals surface area contributed by atoms with Crippen LogP contribution >= 0.6 is 0 Å². The maximum Gasteiger partial charge on any atom is 0.323 e. The first-order valence-corrected chi connectivity index (χ1v) is 6.09. The van der Waals surface area contributed by atoms with Gasteiger partial charge in [-0.1, -0.05) is 0 Å². The molecule has 1 unspecified atom stereocenters. The van der Waals surface area contributed by atoms with Crippen molar-refractivity contribution >= 4 is 5.97 Å². The molecule has 0 amide bonds. The van der Waals surface area contributed by atoms with E-state index < -0.39 is 0 Å². The first kappa shape index (κ1) is 13.5. The van der Waals surface area contributed by atoms with Gasteiger partial charge in [-0.05, 0) is 40.2 Å². The van der Waals surface area contributed by atoms with Gasteiger partial charge in [0.15, 0.2) is 0 Å². The van der Waals surface area contributed by atoms with Crippen molar-refractivity contribution in [2.75, 3.05) is 19.8 Å². The van der Waals surface area contributed by atoms with Gasteiger partial charge in [-0.2, -0.15) is 0 Å². The van der Waals surface area contributed by atoms with Crippen molar-refractivity contribution in [2.45, 2.75) is 51.7 Å². The predicted octanol–water partition coefficient (Wildman–Crippen LogP) is 1.49. The highest BCUT2D eigenvalue weighted by molar-refractivity contribution is 5.76. The average Bonchev–Trinajstić information content (AvgIpc) is 2.69. The number of carbonyl (C=O) groups is 1. The molecule has 0 aromatic carbocycles. The average molecular weight is 229 g/mol. The first-order chi connectivity index (χ1) is 7.55. The fourth-order valence-electron chi connectivity index (χ4n) is 1.85. The zero-order valence-electron chi connectivity index (χ0n) is 10.5. The fourth-order valence-corrected chi connectivity index (χ4v) is 1.85. The van der Waals surface area contributed by atoms with Gasteiger partial charge in [0, 0.05) is 13.0 Å². The monoisotopic (exact) mass is 229 g/mol. The molecule has 94 valence electrons. The lowest BCUT2D eigenvalue weighted by molar-refractivity contribution is -0.147. The summed E-state index contributed by atoms with van der Waals surface area (Å²) in [5, 5.41) is 3.12. The summed E-state index contributed by atoms with van der Waals surface area (Å²) in [6, 6.07) is -0.0878. The van der Waals surface area contributed by atoms with E-state index in [1.54, 1.807) is 0 Å². The Hall–Kier alpha value is -0.610. The van der Waals surface area contributed by atoms with Crippen molar-refractivity contribution in [1.82, 2.24) is 5.32 Å². The maximum atomic E-state index is 11.6. The number of rotatable bonds is 6. The summed E-state index contributed by atoms with van der Waals surface area (Å²) in [6.45, 7) is 8.03. The largest absolute Gasteiger partial charge is 0.464 e. The summed E-state index contributed by atoms with van der Waals surface area (Å²) in [6.07, 6.45) is 2.69. The summed E-state index contributed by atoms with van der Waals surface area (Å²) in [4.78, 5) is 11.6. The predicted molar refractivity (Wildman–Crippen MR) is 62.3 cm³/mol. The molecule has 1 N–H and O–H groups in total. The Bertz CT molecular complexity index is 222. The van der Waals surface area contributed by atoms with Crippen LogP contribution in [0.25, 0.3) is 0 Å². The maximum absolute atomic E-state index is 11.6. The van der Waals surface area contributed by atoms with Crippen molar-refractivity contribution < 1.29 is 14.3 Å². The highest BCUT2D eigenvalue weighted by Crippen LogP contribution is 2.14. The van der Waals surface area contributed by atoms with Gasteiger partial charge >= 0.3 is 5.97 Å². The molecule has 0 spiro atoms. The van der Waals surface area contributed by atoms with Gasteiger partial charge in [-0.15, -0.1) is 0 Å². The number of ether oxygens (including phenoxy) is 2. The standard InChI is InChI=1S/C12H23NO3/c1-4-16-12(2,3)7-9-15-11(14)10-6-5-8-13-10/h10,13H,4-9H2,1-3H3. The minimum absolute atomic E-state index is 0.0878. The quantitative estimate of drug-likeness (QED) is 0.701. The number of hydrogen-bond donors (Lipinski definition) is 1.